The van der Waals surface area contributed by atoms with Crippen LogP contribution in [0.15, 0.2) is 12.2 Å². The van der Waals surface area contributed by atoms with Gasteiger partial charge in [0.1, 0.15) is 0 Å². The van der Waals surface area contributed by atoms with Crippen LogP contribution in [0.4, 0.5) is 0 Å². The van der Waals surface area contributed by atoms with E-state index in [0.717, 1.165) is 19.4 Å². The van der Waals surface area contributed by atoms with Gasteiger partial charge in [-0.15, -0.1) is 0 Å². The van der Waals surface area contributed by atoms with Gasteiger partial charge in [-0.3, -0.25) is 4.79 Å². The number of hydrogen-bond acceptors (Lipinski definition) is 2. The van der Waals surface area contributed by atoms with Crippen LogP contribution in [0.25, 0.3) is 0 Å². The van der Waals surface area contributed by atoms with Crippen LogP contribution < -0.4 is 0 Å². The van der Waals surface area contributed by atoms with E-state index in [0.29, 0.717) is 6.42 Å². The van der Waals surface area contributed by atoms with Crippen molar-refractivity contribution in [1.29, 1.82) is 0 Å². The molecule has 1 heterocycles. The molecule has 0 unspecified atom stereocenters. The van der Waals surface area contributed by atoms with E-state index >= 15 is 0 Å². The first-order valence-electron chi connectivity index (χ1n) is 11.2. The zero-order valence-corrected chi connectivity index (χ0v) is 18.8. The molecular weight excluding hydrogens is 340 g/mol. The molecule has 1 aliphatic heterocycles. The summed E-state index contributed by atoms with van der Waals surface area (Å²) in [6.45, 7) is 3.32. The Labute approximate surface area is 164 Å². The van der Waals surface area contributed by atoms with E-state index in [1.54, 1.807) is 0 Å². The van der Waals surface area contributed by atoms with Crippen LogP contribution in [0, 0.1) is 0 Å². The van der Waals surface area contributed by atoms with Gasteiger partial charge in [0, 0.05) is 13.0 Å². The van der Waals surface area contributed by atoms with Crippen molar-refractivity contribution in [3.63, 3.8) is 0 Å². The molecule has 0 radical (unpaired) electrons. The molecule has 0 saturated carbocycles. The van der Waals surface area contributed by atoms with Gasteiger partial charge in [0.15, 0.2) is 9.76 Å². The van der Waals surface area contributed by atoms with Crippen LogP contribution in [0.3, 0.4) is 0 Å². The maximum Gasteiger partial charge on any atom is 0.303 e. The van der Waals surface area contributed by atoms with Crippen molar-refractivity contribution in [2.75, 3.05) is 6.61 Å². The molecule has 1 saturated heterocycles. The second kappa shape index (κ2) is 22.4. The number of carboxylic acids is 1. The van der Waals surface area contributed by atoms with E-state index in [2.05, 4.69) is 19.1 Å². The van der Waals surface area contributed by atoms with Gasteiger partial charge in [-0.05, 0) is 44.6 Å². The van der Waals surface area contributed by atoms with Gasteiger partial charge in [-0.25, -0.2) is 0 Å². The number of allylic oxidation sites excluding steroid dienone is 2. The SMILES string of the molecule is C1CC[SiH2]OC1.CCCCCCCC/C=C\CCCCCCCC(=O)O. The first kappa shape index (κ1) is 25.4. The fourth-order valence-electron chi connectivity index (χ4n) is 3.03. The molecular formula is C22H44O3Si. The van der Waals surface area contributed by atoms with Gasteiger partial charge in [0.2, 0.25) is 0 Å². The molecule has 3 nitrogen and oxygen atoms in total. The van der Waals surface area contributed by atoms with Gasteiger partial charge in [-0.1, -0.05) is 76.9 Å². The highest BCUT2D eigenvalue weighted by Crippen LogP contribution is 2.09. The Morgan fingerprint density at radius 2 is 1.46 bits per heavy atom. The highest BCUT2D eigenvalue weighted by Gasteiger charge is 1.96. The smallest absolute Gasteiger partial charge is 0.303 e. The number of hydrogen-bond donors (Lipinski definition) is 1. The van der Waals surface area contributed by atoms with Gasteiger partial charge in [-0.2, -0.15) is 0 Å². The topological polar surface area (TPSA) is 46.5 Å². The summed E-state index contributed by atoms with van der Waals surface area (Å²) in [6, 6.07) is 1.42. The van der Waals surface area contributed by atoms with E-state index in [9.17, 15) is 4.79 Å². The largest absolute Gasteiger partial charge is 0.481 e. The first-order valence-corrected chi connectivity index (χ1v) is 12.8. The summed E-state index contributed by atoms with van der Waals surface area (Å²) < 4.78 is 5.21. The molecule has 26 heavy (non-hydrogen) atoms. The predicted molar refractivity (Wildman–Crippen MR) is 116 cm³/mol. The summed E-state index contributed by atoms with van der Waals surface area (Å²) >= 11 is 0. The Morgan fingerprint density at radius 3 is 1.88 bits per heavy atom. The van der Waals surface area contributed by atoms with E-state index in [4.69, 9.17) is 9.53 Å². The van der Waals surface area contributed by atoms with Crippen molar-refractivity contribution in [3.8, 4) is 0 Å². The Hall–Kier alpha value is -0.613. The Bertz CT molecular complexity index is 303. The average molecular weight is 385 g/mol. The molecule has 0 amide bonds. The fourth-order valence-corrected chi connectivity index (χ4v) is 4.20. The van der Waals surface area contributed by atoms with Crippen LogP contribution in [0.1, 0.15) is 110 Å². The lowest BCUT2D eigenvalue weighted by Crippen LogP contribution is -2.06. The molecule has 1 N–H and O–H groups in total. The van der Waals surface area contributed by atoms with Crippen molar-refractivity contribution in [2.45, 2.75) is 116 Å². The summed E-state index contributed by atoms with van der Waals surface area (Å²) in [5.74, 6) is -0.664. The van der Waals surface area contributed by atoms with Crippen LogP contribution in [-0.4, -0.2) is 27.4 Å². The number of carbonyl (C=O) groups is 1. The maximum atomic E-state index is 10.3. The van der Waals surface area contributed by atoms with E-state index < -0.39 is 5.97 Å². The Balaban J connectivity index is 0.000000867. The highest BCUT2D eigenvalue weighted by atomic mass is 28.2. The van der Waals surface area contributed by atoms with Crippen molar-refractivity contribution < 1.29 is 14.3 Å². The summed E-state index contributed by atoms with van der Waals surface area (Å²) in [6.07, 6.45) is 24.0. The van der Waals surface area contributed by atoms with Crippen LogP contribution >= 0.6 is 0 Å². The van der Waals surface area contributed by atoms with E-state index in [-0.39, 0.29) is 9.76 Å². The maximum absolute atomic E-state index is 10.3. The minimum absolute atomic E-state index is 0.00849. The number of unbranched alkanes of at least 4 members (excludes halogenated alkanes) is 11. The zero-order chi connectivity index (χ0) is 19.1. The van der Waals surface area contributed by atoms with Gasteiger partial charge in [0.25, 0.3) is 0 Å². The van der Waals surface area contributed by atoms with Crippen LogP contribution in [-0.2, 0) is 9.22 Å². The summed E-state index contributed by atoms with van der Waals surface area (Å²) in [4.78, 5) is 10.3. The third-order valence-electron chi connectivity index (χ3n) is 4.73. The van der Waals surface area contributed by atoms with Crippen molar-refractivity contribution in [1.82, 2.24) is 0 Å². The van der Waals surface area contributed by atoms with Gasteiger partial charge >= 0.3 is 5.97 Å². The summed E-state index contributed by atoms with van der Waals surface area (Å²) in [5.41, 5.74) is 0. The molecule has 1 rings (SSSR count). The monoisotopic (exact) mass is 384 g/mol. The van der Waals surface area contributed by atoms with Crippen LogP contribution in [0.5, 0.6) is 0 Å². The third kappa shape index (κ3) is 23.4. The Kier molecular flexibility index (Phi) is 21.9. The molecule has 4 heteroatoms. The van der Waals surface area contributed by atoms with Crippen molar-refractivity contribution in [2.24, 2.45) is 0 Å². The minimum Gasteiger partial charge on any atom is -0.481 e. The molecule has 0 aromatic rings. The van der Waals surface area contributed by atoms with Crippen molar-refractivity contribution in [3.05, 3.63) is 12.2 Å². The molecule has 154 valence electrons. The highest BCUT2D eigenvalue weighted by molar-refractivity contribution is 6.27. The lowest BCUT2D eigenvalue weighted by molar-refractivity contribution is -0.137. The quantitative estimate of drug-likeness (QED) is 0.202. The summed E-state index contributed by atoms with van der Waals surface area (Å²) in [7, 11) is 0.00849. The van der Waals surface area contributed by atoms with Gasteiger partial charge < -0.3 is 9.53 Å². The number of carboxylic acid groups (broad SMARTS) is 1. The molecule has 1 fully saturated rings. The molecule has 0 aliphatic carbocycles. The minimum atomic E-state index is -0.664. The molecule has 0 atom stereocenters. The van der Waals surface area contributed by atoms with Gasteiger partial charge in [0.05, 0.1) is 0 Å². The average Bonchev–Trinajstić information content (AvgIpc) is 2.66. The van der Waals surface area contributed by atoms with E-state index in [1.165, 1.54) is 89.5 Å². The van der Waals surface area contributed by atoms with Crippen LogP contribution in [0.2, 0.25) is 6.04 Å². The normalized spacial score (nSPS) is 15.1. The third-order valence-corrected chi connectivity index (χ3v) is 6.10. The van der Waals surface area contributed by atoms with E-state index in [1.807, 2.05) is 0 Å². The van der Waals surface area contributed by atoms with Crippen molar-refractivity contribution >= 4 is 15.7 Å². The molecule has 0 aromatic heterocycles. The molecule has 0 bridgehead atoms. The second-order valence-electron chi connectivity index (χ2n) is 7.40. The summed E-state index contributed by atoms with van der Waals surface area (Å²) in [5, 5.41) is 8.51. The number of aliphatic carboxylic acids is 1. The zero-order valence-electron chi connectivity index (χ0n) is 17.4. The molecule has 0 aromatic carbocycles. The lowest BCUT2D eigenvalue weighted by Gasteiger charge is -2.07. The molecule has 0 spiro atoms. The Morgan fingerprint density at radius 1 is 0.885 bits per heavy atom. The second-order valence-corrected chi connectivity index (χ2v) is 8.92. The standard InChI is InChI=1S/C18H34O2.C4H10OSi/c1-2-3-4-5-6-7-8-9-10-11-12-13-14-15-16-17-18(19)20;1-2-4-6-5-3-1/h9-10H,2-8,11-17H2,1H3,(H,19,20);1-4,6H2/b10-9-;. The predicted octanol–water partition coefficient (Wildman–Crippen LogP) is 6.41. The first-order chi connectivity index (χ1) is 12.8. The lowest BCUT2D eigenvalue weighted by atomic mass is 10.1. The fraction of sp³-hybridized carbons (Fsp3) is 0.864. The molecule has 1 aliphatic rings. The number of rotatable bonds is 15.